The fourth-order valence-electron chi connectivity index (χ4n) is 0.527. The third-order valence-corrected chi connectivity index (χ3v) is 1.37. The maximum atomic E-state index is 12.1. The molecule has 0 amide bonds. The molecule has 0 aliphatic carbocycles. The minimum atomic E-state index is -0.879. The molecule has 2 heteroatoms. The van der Waals surface area contributed by atoms with Gasteiger partial charge in [0.1, 0.15) is 13.3 Å². The Morgan fingerprint density at radius 3 is 2.10 bits per heavy atom. The third-order valence-electron chi connectivity index (χ3n) is 1.37. The summed E-state index contributed by atoms with van der Waals surface area (Å²) in [6, 6.07) is 0. The average Bonchev–Trinajstić information content (AvgIpc) is 2.00. The molecule has 0 bridgehead atoms. The van der Waals surface area contributed by atoms with Gasteiger partial charge in [0.2, 0.25) is 0 Å². The lowest BCUT2D eigenvalue weighted by atomic mass is 9.94. The number of alkyl halides is 2. The van der Waals surface area contributed by atoms with Gasteiger partial charge < -0.3 is 0 Å². The van der Waals surface area contributed by atoms with Crippen LogP contribution in [0, 0.1) is 5.41 Å². The molecule has 0 aliphatic heterocycles. The molecule has 0 nitrogen and oxygen atoms in total. The summed E-state index contributed by atoms with van der Waals surface area (Å²) >= 11 is 0. The standard InChI is InChI=1S/C8H14F2/c1-3-4-5-8(2,6-9)7-10/h4-5H,3,6-7H2,1-2H3. The molecule has 0 heterocycles. The fourth-order valence-corrected chi connectivity index (χ4v) is 0.527. The summed E-state index contributed by atoms with van der Waals surface area (Å²) in [6.45, 7) is 2.26. The van der Waals surface area contributed by atoms with Gasteiger partial charge in [0, 0.05) is 5.41 Å². The van der Waals surface area contributed by atoms with E-state index < -0.39 is 18.8 Å². The van der Waals surface area contributed by atoms with Gasteiger partial charge in [0.15, 0.2) is 0 Å². The van der Waals surface area contributed by atoms with Crippen molar-refractivity contribution in [3.63, 3.8) is 0 Å². The SMILES string of the molecule is CCC=CC(C)(CF)CF. The van der Waals surface area contributed by atoms with E-state index in [0.29, 0.717) is 0 Å². The van der Waals surface area contributed by atoms with Crippen LogP contribution in [0.5, 0.6) is 0 Å². The first-order valence-electron chi connectivity index (χ1n) is 3.48. The predicted molar refractivity (Wildman–Crippen MR) is 39.5 cm³/mol. The number of hydrogen-bond acceptors (Lipinski definition) is 0. The molecule has 0 spiro atoms. The zero-order valence-corrected chi connectivity index (χ0v) is 6.53. The van der Waals surface area contributed by atoms with E-state index in [0.717, 1.165) is 6.42 Å². The summed E-state index contributed by atoms with van der Waals surface area (Å²) in [5.74, 6) is 0. The summed E-state index contributed by atoms with van der Waals surface area (Å²) in [5, 5.41) is 0. The lowest BCUT2D eigenvalue weighted by Crippen LogP contribution is -2.18. The minimum absolute atomic E-state index is 0.625. The van der Waals surface area contributed by atoms with Crippen molar-refractivity contribution in [2.75, 3.05) is 13.3 Å². The van der Waals surface area contributed by atoms with Crippen molar-refractivity contribution in [2.24, 2.45) is 5.41 Å². The Morgan fingerprint density at radius 1 is 1.30 bits per heavy atom. The van der Waals surface area contributed by atoms with Crippen molar-refractivity contribution < 1.29 is 8.78 Å². The molecule has 60 valence electrons. The monoisotopic (exact) mass is 148 g/mol. The Labute approximate surface area is 60.9 Å². The highest BCUT2D eigenvalue weighted by molar-refractivity contribution is 4.96. The van der Waals surface area contributed by atoms with E-state index in [1.807, 2.05) is 6.92 Å². The number of rotatable bonds is 4. The van der Waals surface area contributed by atoms with Crippen LogP contribution in [0.1, 0.15) is 20.3 Å². The summed E-state index contributed by atoms with van der Waals surface area (Å²) < 4.78 is 24.1. The van der Waals surface area contributed by atoms with Crippen molar-refractivity contribution in [3.8, 4) is 0 Å². The summed E-state index contributed by atoms with van der Waals surface area (Å²) in [7, 11) is 0. The zero-order valence-electron chi connectivity index (χ0n) is 6.53. The molecule has 0 saturated heterocycles. The van der Waals surface area contributed by atoms with E-state index in [1.54, 1.807) is 19.1 Å². The van der Waals surface area contributed by atoms with E-state index >= 15 is 0 Å². The van der Waals surface area contributed by atoms with Crippen LogP contribution in [-0.4, -0.2) is 13.3 Å². The normalized spacial score (nSPS) is 12.8. The van der Waals surface area contributed by atoms with Crippen LogP contribution in [0.3, 0.4) is 0 Å². The van der Waals surface area contributed by atoms with Crippen LogP contribution in [0.2, 0.25) is 0 Å². The molecular formula is C8H14F2. The minimum Gasteiger partial charge on any atom is -0.250 e. The molecule has 0 rings (SSSR count). The van der Waals surface area contributed by atoms with E-state index in [-0.39, 0.29) is 0 Å². The Morgan fingerprint density at radius 2 is 1.80 bits per heavy atom. The second-order valence-electron chi connectivity index (χ2n) is 2.73. The lowest BCUT2D eigenvalue weighted by molar-refractivity contribution is 0.230. The van der Waals surface area contributed by atoms with Gasteiger partial charge in [-0.15, -0.1) is 0 Å². The second-order valence-corrected chi connectivity index (χ2v) is 2.73. The predicted octanol–water partition coefficient (Wildman–Crippen LogP) is 2.90. The molecule has 0 N–H and O–H groups in total. The topological polar surface area (TPSA) is 0 Å². The van der Waals surface area contributed by atoms with Gasteiger partial charge in [-0.3, -0.25) is 8.78 Å². The maximum absolute atomic E-state index is 12.1. The largest absolute Gasteiger partial charge is 0.250 e. The molecule has 0 aliphatic rings. The smallest absolute Gasteiger partial charge is 0.101 e. The summed E-state index contributed by atoms with van der Waals surface area (Å²) in [4.78, 5) is 0. The average molecular weight is 148 g/mol. The van der Waals surface area contributed by atoms with E-state index in [1.165, 1.54) is 0 Å². The molecule has 0 fully saturated rings. The van der Waals surface area contributed by atoms with Crippen molar-refractivity contribution in [1.82, 2.24) is 0 Å². The van der Waals surface area contributed by atoms with Crippen molar-refractivity contribution in [3.05, 3.63) is 12.2 Å². The maximum Gasteiger partial charge on any atom is 0.101 e. The van der Waals surface area contributed by atoms with Crippen LogP contribution in [0.15, 0.2) is 12.2 Å². The van der Waals surface area contributed by atoms with E-state index in [4.69, 9.17) is 0 Å². The van der Waals surface area contributed by atoms with E-state index in [2.05, 4.69) is 0 Å². The highest BCUT2D eigenvalue weighted by atomic mass is 19.1. The van der Waals surface area contributed by atoms with Gasteiger partial charge in [-0.2, -0.15) is 0 Å². The number of allylic oxidation sites excluding steroid dienone is 2. The highest BCUT2D eigenvalue weighted by Gasteiger charge is 2.19. The summed E-state index contributed by atoms with van der Waals surface area (Å²) in [6.07, 6.45) is 4.22. The first-order valence-corrected chi connectivity index (χ1v) is 3.48. The summed E-state index contributed by atoms with van der Waals surface area (Å²) in [5.41, 5.74) is -0.879. The van der Waals surface area contributed by atoms with E-state index in [9.17, 15) is 8.78 Å². The Hall–Kier alpha value is -0.400. The molecule has 0 saturated carbocycles. The second kappa shape index (κ2) is 4.42. The highest BCUT2D eigenvalue weighted by Crippen LogP contribution is 2.19. The molecule has 0 atom stereocenters. The van der Waals surface area contributed by atoms with Gasteiger partial charge in [-0.05, 0) is 6.42 Å². The fraction of sp³-hybridized carbons (Fsp3) is 0.750. The molecule has 0 aromatic rings. The van der Waals surface area contributed by atoms with Crippen molar-refractivity contribution >= 4 is 0 Å². The van der Waals surface area contributed by atoms with Crippen LogP contribution in [0.4, 0.5) is 8.78 Å². The quantitative estimate of drug-likeness (QED) is 0.538. The molecule has 0 radical (unpaired) electrons. The lowest BCUT2D eigenvalue weighted by Gasteiger charge is -2.16. The van der Waals surface area contributed by atoms with Crippen LogP contribution in [0.25, 0.3) is 0 Å². The van der Waals surface area contributed by atoms with Crippen molar-refractivity contribution in [2.45, 2.75) is 20.3 Å². The van der Waals surface area contributed by atoms with Crippen molar-refractivity contribution in [1.29, 1.82) is 0 Å². The molecule has 0 unspecified atom stereocenters. The number of hydrogen-bond donors (Lipinski definition) is 0. The Kier molecular flexibility index (Phi) is 4.24. The van der Waals surface area contributed by atoms with Gasteiger partial charge in [0.05, 0.1) is 0 Å². The third kappa shape index (κ3) is 2.95. The Bertz CT molecular complexity index is 104. The molecule has 10 heavy (non-hydrogen) atoms. The first-order chi connectivity index (χ1) is 4.68. The van der Waals surface area contributed by atoms with Crippen LogP contribution in [-0.2, 0) is 0 Å². The van der Waals surface area contributed by atoms with Gasteiger partial charge >= 0.3 is 0 Å². The van der Waals surface area contributed by atoms with Gasteiger partial charge in [0.25, 0.3) is 0 Å². The Balaban J connectivity index is 3.92. The van der Waals surface area contributed by atoms with Crippen LogP contribution >= 0.6 is 0 Å². The first kappa shape index (κ1) is 9.60. The molecule has 0 aromatic heterocycles. The molecular weight excluding hydrogens is 134 g/mol. The zero-order chi connectivity index (χ0) is 8.04. The molecule has 0 aromatic carbocycles. The van der Waals surface area contributed by atoms with Crippen LogP contribution < -0.4 is 0 Å². The van der Waals surface area contributed by atoms with Gasteiger partial charge in [-0.25, -0.2) is 0 Å². The number of halogens is 2. The van der Waals surface area contributed by atoms with Gasteiger partial charge in [-0.1, -0.05) is 26.0 Å².